The monoisotopic (exact) mass is 334 g/mol. The topological polar surface area (TPSA) is 41.1 Å². The number of nitrogens with one attached hydrogen (secondary N) is 2. The average Bonchev–Trinajstić information content (AvgIpc) is 2.32. The lowest BCUT2D eigenvalue weighted by atomic mass is 10.1. The molecular weight excluding hydrogens is 326 g/mol. The highest BCUT2D eigenvalue weighted by Gasteiger charge is 2.34. The fraction of sp³-hybridized carbons (Fsp3) is 0.364. The molecule has 1 aromatic carbocycles. The van der Waals surface area contributed by atoms with Gasteiger partial charge in [-0.1, -0.05) is 17.7 Å². The van der Waals surface area contributed by atoms with Gasteiger partial charge in [-0.3, -0.25) is 4.79 Å². The van der Waals surface area contributed by atoms with Gasteiger partial charge in [-0.05, 0) is 12.1 Å². The van der Waals surface area contributed by atoms with Crippen LogP contribution in [0.15, 0.2) is 18.2 Å². The highest BCUT2D eigenvalue weighted by molar-refractivity contribution is 6.33. The van der Waals surface area contributed by atoms with Crippen LogP contribution in [-0.4, -0.2) is 25.2 Å². The molecule has 0 spiro atoms. The Morgan fingerprint density at radius 2 is 1.76 bits per heavy atom. The predicted molar refractivity (Wildman–Crippen MR) is 64.0 cm³/mol. The van der Waals surface area contributed by atoms with Crippen LogP contribution in [-0.2, 0) is 11.0 Å². The summed E-state index contributed by atoms with van der Waals surface area (Å²) in [6.45, 7) is -2.34. The molecule has 0 atom stereocenters. The van der Waals surface area contributed by atoms with Crippen LogP contribution in [0.5, 0.6) is 0 Å². The number of amides is 1. The molecule has 0 unspecified atom stereocenters. The summed E-state index contributed by atoms with van der Waals surface area (Å²) in [7, 11) is 0. The second-order valence-corrected chi connectivity index (χ2v) is 4.31. The van der Waals surface area contributed by atoms with Crippen molar-refractivity contribution in [2.24, 2.45) is 0 Å². The van der Waals surface area contributed by atoms with Crippen molar-refractivity contribution in [1.29, 1.82) is 0 Å². The summed E-state index contributed by atoms with van der Waals surface area (Å²) < 4.78 is 73.7. The Morgan fingerprint density at radius 1 is 1.14 bits per heavy atom. The Kier molecular flexibility index (Phi) is 5.32. The molecule has 0 aromatic heterocycles. The van der Waals surface area contributed by atoms with E-state index in [0.29, 0.717) is 0 Å². The van der Waals surface area contributed by atoms with E-state index in [0.717, 1.165) is 18.2 Å². The van der Waals surface area contributed by atoms with Crippen molar-refractivity contribution in [3.63, 3.8) is 0 Å². The molecule has 0 radical (unpaired) electrons. The van der Waals surface area contributed by atoms with Crippen molar-refractivity contribution >= 4 is 23.2 Å². The van der Waals surface area contributed by atoms with E-state index in [9.17, 15) is 31.1 Å². The fourth-order valence-electron chi connectivity index (χ4n) is 1.37. The first kappa shape index (κ1) is 17.4. The van der Waals surface area contributed by atoms with Crippen LogP contribution in [0.25, 0.3) is 0 Å². The van der Waals surface area contributed by atoms with Gasteiger partial charge >= 0.3 is 12.4 Å². The third-order valence-corrected chi connectivity index (χ3v) is 2.55. The van der Waals surface area contributed by atoms with Crippen molar-refractivity contribution in [2.75, 3.05) is 18.4 Å². The van der Waals surface area contributed by atoms with E-state index in [-0.39, 0.29) is 5.02 Å². The third kappa shape index (κ3) is 5.70. The molecule has 118 valence electrons. The number of alkyl halides is 6. The molecule has 0 fully saturated rings. The maximum Gasteiger partial charge on any atom is 0.418 e. The van der Waals surface area contributed by atoms with Crippen LogP contribution in [0.1, 0.15) is 5.56 Å². The first-order chi connectivity index (χ1) is 9.50. The number of rotatable bonds is 4. The van der Waals surface area contributed by atoms with Crippen molar-refractivity contribution in [2.45, 2.75) is 12.4 Å². The lowest BCUT2D eigenvalue weighted by molar-refractivity contribution is -0.137. The SMILES string of the molecule is O=C(CNc1c(Cl)cccc1C(F)(F)F)NCC(F)(F)F. The molecule has 1 rings (SSSR count). The zero-order chi connectivity index (χ0) is 16.3. The number of carbonyl (C=O) groups is 1. The smallest absolute Gasteiger partial charge is 0.374 e. The largest absolute Gasteiger partial charge is 0.418 e. The van der Waals surface area contributed by atoms with E-state index in [1.54, 1.807) is 0 Å². The van der Waals surface area contributed by atoms with Gasteiger partial charge in [0.25, 0.3) is 0 Å². The Balaban J connectivity index is 2.74. The van der Waals surface area contributed by atoms with Gasteiger partial charge in [0.15, 0.2) is 0 Å². The van der Waals surface area contributed by atoms with Crippen LogP contribution in [0.2, 0.25) is 5.02 Å². The van der Waals surface area contributed by atoms with E-state index >= 15 is 0 Å². The minimum absolute atomic E-state index is 0.298. The van der Waals surface area contributed by atoms with Gasteiger partial charge in [0.2, 0.25) is 5.91 Å². The molecular formula is C11H9ClF6N2O. The molecule has 0 saturated carbocycles. The average molecular weight is 335 g/mol. The highest BCUT2D eigenvalue weighted by atomic mass is 35.5. The number of anilines is 1. The van der Waals surface area contributed by atoms with Crippen molar-refractivity contribution in [1.82, 2.24) is 5.32 Å². The molecule has 1 amide bonds. The van der Waals surface area contributed by atoms with Gasteiger partial charge < -0.3 is 10.6 Å². The summed E-state index contributed by atoms with van der Waals surface area (Å²) in [6.07, 6.45) is -9.31. The Hall–Kier alpha value is -1.64. The van der Waals surface area contributed by atoms with Crippen LogP contribution in [0.3, 0.4) is 0 Å². The summed E-state index contributed by atoms with van der Waals surface area (Å²) in [5.74, 6) is -1.11. The lowest BCUT2D eigenvalue weighted by Crippen LogP contribution is -2.37. The third-order valence-electron chi connectivity index (χ3n) is 2.23. The van der Waals surface area contributed by atoms with Gasteiger partial charge in [0, 0.05) is 0 Å². The van der Waals surface area contributed by atoms with Crippen molar-refractivity contribution < 1.29 is 31.1 Å². The van der Waals surface area contributed by atoms with Crippen molar-refractivity contribution in [3.05, 3.63) is 28.8 Å². The maximum atomic E-state index is 12.7. The summed E-state index contributed by atoms with van der Waals surface area (Å²) in [5, 5.41) is 3.31. The minimum atomic E-state index is -4.71. The zero-order valence-corrected chi connectivity index (χ0v) is 11.0. The lowest BCUT2D eigenvalue weighted by Gasteiger charge is -2.16. The molecule has 1 aromatic rings. The zero-order valence-electron chi connectivity index (χ0n) is 10.2. The molecule has 0 heterocycles. The van der Waals surface area contributed by atoms with E-state index in [1.165, 1.54) is 5.32 Å². The number of benzene rings is 1. The van der Waals surface area contributed by atoms with Crippen molar-refractivity contribution in [3.8, 4) is 0 Å². The first-order valence-electron chi connectivity index (χ1n) is 5.44. The number of halogens is 7. The van der Waals surface area contributed by atoms with Gasteiger partial charge in [-0.15, -0.1) is 0 Å². The molecule has 0 bridgehead atoms. The number of para-hydroxylation sites is 1. The van der Waals surface area contributed by atoms with Gasteiger partial charge in [0.05, 0.1) is 22.8 Å². The normalized spacial score (nSPS) is 12.1. The van der Waals surface area contributed by atoms with Crippen LogP contribution in [0, 0.1) is 0 Å². The predicted octanol–water partition coefficient (Wildman–Crippen LogP) is 3.45. The molecule has 0 aliphatic rings. The number of hydrogen-bond donors (Lipinski definition) is 2. The molecule has 21 heavy (non-hydrogen) atoms. The summed E-state index contributed by atoms with van der Waals surface area (Å²) in [6, 6.07) is 2.97. The Bertz CT molecular complexity index is 514. The standard InChI is InChI=1S/C11H9ClF6N2O/c12-7-3-1-2-6(11(16,17)18)9(7)19-4-8(21)20-5-10(13,14)15/h1-3,19H,4-5H2,(H,20,21). The molecule has 0 aliphatic heterocycles. The molecule has 0 saturated heterocycles. The summed E-state index contributed by atoms with van der Waals surface area (Å²) >= 11 is 5.59. The Morgan fingerprint density at radius 3 is 2.29 bits per heavy atom. The number of hydrogen-bond acceptors (Lipinski definition) is 2. The van der Waals surface area contributed by atoms with E-state index in [2.05, 4.69) is 5.32 Å². The van der Waals surface area contributed by atoms with E-state index in [1.807, 2.05) is 0 Å². The van der Waals surface area contributed by atoms with E-state index in [4.69, 9.17) is 11.6 Å². The second-order valence-electron chi connectivity index (χ2n) is 3.91. The van der Waals surface area contributed by atoms with E-state index < -0.39 is 42.6 Å². The summed E-state index contributed by atoms with van der Waals surface area (Å²) in [4.78, 5) is 11.1. The van der Waals surface area contributed by atoms with Crippen LogP contribution >= 0.6 is 11.6 Å². The quantitative estimate of drug-likeness (QED) is 0.828. The summed E-state index contributed by atoms with van der Waals surface area (Å²) in [5.41, 5.74) is -1.67. The van der Waals surface area contributed by atoms with Gasteiger partial charge in [-0.2, -0.15) is 26.3 Å². The van der Waals surface area contributed by atoms with Gasteiger partial charge in [-0.25, -0.2) is 0 Å². The van der Waals surface area contributed by atoms with Crippen LogP contribution < -0.4 is 10.6 Å². The Labute approximate surface area is 120 Å². The molecule has 0 aliphatic carbocycles. The fourth-order valence-corrected chi connectivity index (χ4v) is 1.61. The number of carbonyl (C=O) groups excluding carboxylic acids is 1. The molecule has 10 heteroatoms. The van der Waals surface area contributed by atoms with Crippen LogP contribution in [0.4, 0.5) is 32.0 Å². The molecule has 2 N–H and O–H groups in total. The minimum Gasteiger partial charge on any atom is -0.374 e. The maximum absolute atomic E-state index is 12.7. The molecule has 3 nitrogen and oxygen atoms in total. The van der Waals surface area contributed by atoms with Gasteiger partial charge in [0.1, 0.15) is 6.54 Å². The highest BCUT2D eigenvalue weighted by Crippen LogP contribution is 2.38. The first-order valence-corrected chi connectivity index (χ1v) is 5.81. The second kappa shape index (κ2) is 6.42.